The molecule has 2 aromatic rings. The van der Waals surface area contributed by atoms with Crippen LogP contribution < -0.4 is 5.73 Å². The van der Waals surface area contributed by atoms with Crippen molar-refractivity contribution in [2.24, 2.45) is 0 Å². The van der Waals surface area contributed by atoms with Crippen molar-refractivity contribution in [1.82, 2.24) is 10.1 Å². The summed E-state index contributed by atoms with van der Waals surface area (Å²) in [6, 6.07) is 5.09. The predicted octanol–water partition coefficient (Wildman–Crippen LogP) is 2.85. The topological polar surface area (TPSA) is 74.2 Å². The fourth-order valence-electron chi connectivity index (χ4n) is 1.38. The second-order valence-corrected chi connectivity index (χ2v) is 4.81. The third kappa shape index (κ3) is 2.32. The van der Waals surface area contributed by atoms with Crippen molar-refractivity contribution in [3.8, 4) is 11.5 Å². The van der Waals surface area contributed by atoms with Crippen LogP contribution in [0.3, 0.4) is 0 Å². The third-order valence-electron chi connectivity index (χ3n) is 2.72. The molecule has 1 aromatic carbocycles. The van der Waals surface area contributed by atoms with Gasteiger partial charge in [-0.3, -0.25) is 0 Å². The highest BCUT2D eigenvalue weighted by Crippen LogP contribution is 2.29. The average molecular weight is 268 g/mol. The Kier molecular flexibility index (Phi) is 3.28. The van der Waals surface area contributed by atoms with Crippen LogP contribution in [0.15, 0.2) is 22.7 Å². The van der Waals surface area contributed by atoms with E-state index in [9.17, 15) is 0 Å². The number of nitrogen functional groups attached to an aromatic ring is 1. The summed E-state index contributed by atoms with van der Waals surface area (Å²) in [5.41, 5.74) is 6.39. The van der Waals surface area contributed by atoms with Crippen molar-refractivity contribution in [2.45, 2.75) is 19.4 Å². The summed E-state index contributed by atoms with van der Waals surface area (Å²) in [6.45, 7) is 3.70. The molecule has 18 heavy (non-hydrogen) atoms. The SMILES string of the molecule is COC(C)(C)c1noc(-c2cc(Cl)ccc2N)n1. The number of nitrogens with two attached hydrogens (primary N) is 1. The van der Waals surface area contributed by atoms with E-state index in [1.165, 1.54) is 0 Å². The minimum absolute atomic E-state index is 0.329. The molecule has 0 atom stereocenters. The number of aromatic nitrogens is 2. The van der Waals surface area contributed by atoms with E-state index in [0.717, 1.165) is 0 Å². The number of rotatable bonds is 3. The maximum Gasteiger partial charge on any atom is 0.260 e. The highest BCUT2D eigenvalue weighted by atomic mass is 35.5. The van der Waals surface area contributed by atoms with Crippen LogP contribution in [0, 0.1) is 0 Å². The lowest BCUT2D eigenvalue weighted by Gasteiger charge is -2.17. The Bertz CT molecular complexity index is 566. The maximum atomic E-state index is 5.92. The Morgan fingerprint density at radius 1 is 1.39 bits per heavy atom. The second-order valence-electron chi connectivity index (χ2n) is 4.37. The molecular formula is C12H14ClN3O2. The van der Waals surface area contributed by atoms with Crippen LogP contribution in [0.1, 0.15) is 19.7 Å². The summed E-state index contributed by atoms with van der Waals surface area (Å²) in [5.74, 6) is 0.787. The quantitative estimate of drug-likeness (QED) is 0.866. The molecule has 6 heteroatoms. The Morgan fingerprint density at radius 3 is 2.78 bits per heavy atom. The molecule has 0 amide bonds. The number of methoxy groups -OCH3 is 1. The Balaban J connectivity index is 2.44. The predicted molar refractivity (Wildman–Crippen MR) is 69.2 cm³/mol. The normalized spacial score (nSPS) is 11.8. The largest absolute Gasteiger partial charge is 0.398 e. The Morgan fingerprint density at radius 2 is 2.11 bits per heavy atom. The van der Waals surface area contributed by atoms with E-state index in [0.29, 0.717) is 28.0 Å². The van der Waals surface area contributed by atoms with E-state index in [2.05, 4.69) is 10.1 Å². The van der Waals surface area contributed by atoms with Crippen LogP contribution in [0.25, 0.3) is 11.5 Å². The molecular weight excluding hydrogens is 254 g/mol. The molecule has 0 aliphatic carbocycles. The van der Waals surface area contributed by atoms with Crippen molar-refractivity contribution in [1.29, 1.82) is 0 Å². The minimum atomic E-state index is -0.616. The van der Waals surface area contributed by atoms with Gasteiger partial charge in [0.25, 0.3) is 5.89 Å². The van der Waals surface area contributed by atoms with Gasteiger partial charge in [0.05, 0.1) is 5.56 Å². The fraction of sp³-hybridized carbons (Fsp3) is 0.333. The zero-order chi connectivity index (χ0) is 13.3. The van der Waals surface area contributed by atoms with Gasteiger partial charge in [0, 0.05) is 17.8 Å². The van der Waals surface area contributed by atoms with Gasteiger partial charge in [-0.15, -0.1) is 0 Å². The van der Waals surface area contributed by atoms with Gasteiger partial charge in [-0.1, -0.05) is 16.8 Å². The smallest absolute Gasteiger partial charge is 0.260 e. The van der Waals surface area contributed by atoms with Crippen LogP contribution in [-0.4, -0.2) is 17.3 Å². The molecule has 1 heterocycles. The van der Waals surface area contributed by atoms with Crippen molar-refractivity contribution < 1.29 is 9.26 Å². The van der Waals surface area contributed by atoms with Gasteiger partial charge in [0.2, 0.25) is 5.82 Å². The van der Waals surface area contributed by atoms with Crippen molar-refractivity contribution in [2.75, 3.05) is 12.8 Å². The van der Waals surface area contributed by atoms with Gasteiger partial charge < -0.3 is 15.0 Å². The van der Waals surface area contributed by atoms with Gasteiger partial charge in [-0.25, -0.2) is 0 Å². The number of ether oxygens (including phenoxy) is 1. The van der Waals surface area contributed by atoms with E-state index < -0.39 is 5.60 Å². The lowest BCUT2D eigenvalue weighted by molar-refractivity contribution is 0.00973. The highest BCUT2D eigenvalue weighted by molar-refractivity contribution is 6.31. The Hall–Kier alpha value is -1.59. The van der Waals surface area contributed by atoms with Crippen LogP contribution in [-0.2, 0) is 10.3 Å². The molecule has 5 nitrogen and oxygen atoms in total. The summed E-state index contributed by atoms with van der Waals surface area (Å²) >= 11 is 5.92. The first-order valence-corrected chi connectivity index (χ1v) is 5.76. The Labute approximate surface area is 110 Å². The molecule has 96 valence electrons. The molecule has 0 fully saturated rings. The second kappa shape index (κ2) is 4.59. The minimum Gasteiger partial charge on any atom is -0.398 e. The molecule has 0 aliphatic rings. The zero-order valence-corrected chi connectivity index (χ0v) is 11.2. The molecule has 0 unspecified atom stereocenters. The monoisotopic (exact) mass is 267 g/mol. The summed E-state index contributed by atoms with van der Waals surface area (Å²) < 4.78 is 10.5. The molecule has 2 rings (SSSR count). The van der Waals surface area contributed by atoms with Crippen molar-refractivity contribution in [3.05, 3.63) is 29.0 Å². The van der Waals surface area contributed by atoms with Crippen molar-refractivity contribution >= 4 is 17.3 Å². The molecule has 0 saturated heterocycles. The fourth-order valence-corrected chi connectivity index (χ4v) is 1.55. The number of halogens is 1. The van der Waals surface area contributed by atoms with E-state index in [1.807, 2.05) is 13.8 Å². The first-order chi connectivity index (χ1) is 8.44. The highest BCUT2D eigenvalue weighted by Gasteiger charge is 2.26. The first kappa shape index (κ1) is 12.9. The van der Waals surface area contributed by atoms with Crippen LogP contribution >= 0.6 is 11.6 Å². The molecule has 0 aliphatic heterocycles. The number of nitrogens with zero attached hydrogens (tertiary/aromatic N) is 2. The van der Waals surface area contributed by atoms with Gasteiger partial charge >= 0.3 is 0 Å². The van der Waals surface area contributed by atoms with E-state index >= 15 is 0 Å². The van der Waals surface area contributed by atoms with Crippen LogP contribution in [0.4, 0.5) is 5.69 Å². The van der Waals surface area contributed by atoms with Crippen LogP contribution in [0.2, 0.25) is 5.02 Å². The van der Waals surface area contributed by atoms with Gasteiger partial charge in [-0.05, 0) is 32.0 Å². The van der Waals surface area contributed by atoms with Gasteiger partial charge in [0.15, 0.2) is 0 Å². The average Bonchev–Trinajstić information content (AvgIpc) is 2.82. The number of hydrogen-bond acceptors (Lipinski definition) is 5. The molecule has 1 aromatic heterocycles. The maximum absolute atomic E-state index is 5.92. The number of anilines is 1. The zero-order valence-electron chi connectivity index (χ0n) is 10.4. The summed E-state index contributed by atoms with van der Waals surface area (Å²) in [7, 11) is 1.59. The lowest BCUT2D eigenvalue weighted by atomic mass is 10.1. The first-order valence-electron chi connectivity index (χ1n) is 5.39. The van der Waals surface area contributed by atoms with E-state index in [4.69, 9.17) is 26.6 Å². The molecule has 0 spiro atoms. The van der Waals surface area contributed by atoms with Gasteiger partial charge in [-0.2, -0.15) is 4.98 Å². The lowest BCUT2D eigenvalue weighted by Crippen LogP contribution is -2.21. The summed E-state index contributed by atoms with van der Waals surface area (Å²) in [5, 5.41) is 4.46. The molecule has 0 radical (unpaired) electrons. The van der Waals surface area contributed by atoms with E-state index in [-0.39, 0.29) is 0 Å². The van der Waals surface area contributed by atoms with Crippen molar-refractivity contribution in [3.63, 3.8) is 0 Å². The summed E-state index contributed by atoms with van der Waals surface area (Å²) in [4.78, 5) is 4.28. The molecule has 0 bridgehead atoms. The third-order valence-corrected chi connectivity index (χ3v) is 2.96. The molecule has 0 saturated carbocycles. The van der Waals surface area contributed by atoms with E-state index in [1.54, 1.807) is 25.3 Å². The van der Waals surface area contributed by atoms with Crippen LogP contribution in [0.5, 0.6) is 0 Å². The standard InChI is InChI=1S/C12H14ClN3O2/c1-12(2,17-3)11-15-10(18-16-11)8-6-7(13)4-5-9(8)14/h4-6H,14H2,1-3H3. The van der Waals surface area contributed by atoms with Gasteiger partial charge in [0.1, 0.15) is 5.60 Å². The number of benzene rings is 1. The summed E-state index contributed by atoms with van der Waals surface area (Å²) in [6.07, 6.45) is 0. The number of hydrogen-bond donors (Lipinski definition) is 1. The molecule has 2 N–H and O–H groups in total.